The highest BCUT2D eigenvalue weighted by atomic mass is 32.2. The number of ether oxygens (including phenoxy) is 1. The number of sulfone groups is 1. The van der Waals surface area contributed by atoms with Crippen molar-refractivity contribution in [3.63, 3.8) is 0 Å². The van der Waals surface area contributed by atoms with Crippen molar-refractivity contribution in [3.8, 4) is 0 Å². The van der Waals surface area contributed by atoms with Gasteiger partial charge in [-0.1, -0.05) is 6.42 Å². The Morgan fingerprint density at radius 3 is 2.48 bits per heavy atom. The van der Waals surface area contributed by atoms with E-state index in [0.29, 0.717) is 31.9 Å². The minimum Gasteiger partial charge on any atom is -0.466 e. The maximum Gasteiger partial charge on any atom is 0.305 e. The van der Waals surface area contributed by atoms with Gasteiger partial charge < -0.3 is 4.74 Å². The van der Waals surface area contributed by atoms with Crippen molar-refractivity contribution < 1.29 is 26.7 Å². The molecule has 0 aliphatic carbocycles. The molecule has 0 saturated heterocycles. The Bertz CT molecular complexity index is 585. The molecule has 0 atom stereocenters. The summed E-state index contributed by atoms with van der Waals surface area (Å²) < 4.78 is 54.4. The van der Waals surface area contributed by atoms with Crippen molar-refractivity contribution in [1.82, 2.24) is 0 Å². The number of hydrogen-bond donors (Lipinski definition) is 0. The van der Waals surface area contributed by atoms with Crippen molar-refractivity contribution in [3.05, 3.63) is 29.8 Å². The van der Waals surface area contributed by atoms with E-state index in [1.807, 2.05) is 0 Å². The molecule has 4 nitrogen and oxygen atoms in total. The summed E-state index contributed by atoms with van der Waals surface area (Å²) in [5.74, 6) is -2.73. The quantitative estimate of drug-likeness (QED) is 0.420. The first-order valence-corrected chi connectivity index (χ1v) is 8.35. The molecular formula is C14H18F2O4S. The van der Waals surface area contributed by atoms with Gasteiger partial charge in [-0.2, -0.15) is 0 Å². The molecule has 0 saturated carbocycles. The molecule has 0 radical (unpaired) electrons. The minimum absolute atomic E-state index is 0.166. The smallest absolute Gasteiger partial charge is 0.305 e. The molecule has 21 heavy (non-hydrogen) atoms. The molecule has 118 valence electrons. The van der Waals surface area contributed by atoms with Crippen LogP contribution in [-0.2, 0) is 19.4 Å². The molecule has 7 heteroatoms. The van der Waals surface area contributed by atoms with E-state index in [-0.39, 0.29) is 23.0 Å². The summed E-state index contributed by atoms with van der Waals surface area (Å²) in [4.78, 5) is 10.8. The molecule has 0 amide bonds. The van der Waals surface area contributed by atoms with Gasteiger partial charge in [0.2, 0.25) is 0 Å². The number of carbonyl (C=O) groups excluding carboxylic acids is 1. The predicted molar refractivity (Wildman–Crippen MR) is 73.5 cm³/mol. The molecule has 1 aromatic rings. The monoisotopic (exact) mass is 320 g/mol. The minimum atomic E-state index is -3.63. The average molecular weight is 320 g/mol. The second kappa shape index (κ2) is 8.07. The first kappa shape index (κ1) is 17.6. The normalized spacial score (nSPS) is 11.4. The lowest BCUT2D eigenvalue weighted by atomic mass is 10.2. The highest BCUT2D eigenvalue weighted by Crippen LogP contribution is 2.17. The van der Waals surface area contributed by atoms with Crippen molar-refractivity contribution >= 4 is 15.8 Å². The second-order valence-electron chi connectivity index (χ2n) is 4.51. The molecule has 1 rings (SSSR count). The molecular weight excluding hydrogens is 302 g/mol. The van der Waals surface area contributed by atoms with Gasteiger partial charge in [-0.05, 0) is 38.0 Å². The lowest BCUT2D eigenvalue weighted by Gasteiger charge is -2.05. The Hall–Kier alpha value is -1.50. The molecule has 0 bridgehead atoms. The second-order valence-corrected chi connectivity index (χ2v) is 6.62. The first-order valence-electron chi connectivity index (χ1n) is 6.70. The summed E-state index contributed by atoms with van der Waals surface area (Å²) in [6, 6.07) is 2.53. The molecule has 0 spiro atoms. The Morgan fingerprint density at radius 1 is 1.14 bits per heavy atom. The van der Waals surface area contributed by atoms with Crippen LogP contribution in [0.2, 0.25) is 0 Å². The van der Waals surface area contributed by atoms with Gasteiger partial charge in [0.15, 0.2) is 21.5 Å². The van der Waals surface area contributed by atoms with E-state index in [4.69, 9.17) is 4.74 Å². The molecule has 0 unspecified atom stereocenters. The van der Waals surface area contributed by atoms with Crippen molar-refractivity contribution in [2.75, 3.05) is 12.4 Å². The van der Waals surface area contributed by atoms with Gasteiger partial charge in [0.25, 0.3) is 0 Å². The molecule has 1 aromatic carbocycles. The van der Waals surface area contributed by atoms with E-state index >= 15 is 0 Å². The van der Waals surface area contributed by atoms with Gasteiger partial charge >= 0.3 is 5.97 Å². The third-order valence-electron chi connectivity index (χ3n) is 2.85. The topological polar surface area (TPSA) is 60.4 Å². The SMILES string of the molecule is CCOC(=O)CCCCCS(=O)(=O)c1ccc(F)c(F)c1. The van der Waals surface area contributed by atoms with Crippen molar-refractivity contribution in [1.29, 1.82) is 0 Å². The highest BCUT2D eigenvalue weighted by molar-refractivity contribution is 7.91. The van der Waals surface area contributed by atoms with Crippen LogP contribution in [0.25, 0.3) is 0 Å². The molecule has 0 heterocycles. The third-order valence-corrected chi connectivity index (χ3v) is 4.65. The number of carbonyl (C=O) groups is 1. The number of hydrogen-bond acceptors (Lipinski definition) is 4. The summed E-state index contributed by atoms with van der Waals surface area (Å²) in [5, 5.41) is 0. The lowest BCUT2D eigenvalue weighted by Crippen LogP contribution is -2.08. The van der Waals surface area contributed by atoms with Crippen LogP contribution in [0.15, 0.2) is 23.1 Å². The van der Waals surface area contributed by atoms with Crippen LogP contribution in [0.4, 0.5) is 8.78 Å². The fourth-order valence-electron chi connectivity index (χ4n) is 1.76. The van der Waals surface area contributed by atoms with E-state index in [9.17, 15) is 22.0 Å². The van der Waals surface area contributed by atoms with Crippen LogP contribution in [0.3, 0.4) is 0 Å². The highest BCUT2D eigenvalue weighted by Gasteiger charge is 2.16. The Labute approximate surface area is 123 Å². The van der Waals surface area contributed by atoms with Crippen molar-refractivity contribution in [2.45, 2.75) is 37.5 Å². The maximum atomic E-state index is 13.0. The molecule has 0 fully saturated rings. The molecule has 0 aliphatic heterocycles. The van der Waals surface area contributed by atoms with E-state index in [0.717, 1.165) is 12.1 Å². The fourth-order valence-corrected chi connectivity index (χ4v) is 3.14. The molecule has 0 N–H and O–H groups in total. The van der Waals surface area contributed by atoms with Crippen LogP contribution >= 0.6 is 0 Å². The summed E-state index contributed by atoms with van der Waals surface area (Å²) >= 11 is 0. The van der Waals surface area contributed by atoms with Gasteiger partial charge in [0.1, 0.15) is 0 Å². The lowest BCUT2D eigenvalue weighted by molar-refractivity contribution is -0.143. The Balaban J connectivity index is 2.43. The summed E-state index contributed by atoms with van der Waals surface area (Å²) in [5.41, 5.74) is 0. The summed E-state index contributed by atoms with van der Waals surface area (Å²) in [6.45, 7) is 2.04. The van der Waals surface area contributed by atoms with Gasteiger partial charge in [-0.25, -0.2) is 17.2 Å². The van der Waals surface area contributed by atoms with Crippen LogP contribution in [0.1, 0.15) is 32.6 Å². The van der Waals surface area contributed by atoms with Crippen LogP contribution in [-0.4, -0.2) is 26.7 Å². The van der Waals surface area contributed by atoms with Crippen molar-refractivity contribution in [2.24, 2.45) is 0 Å². The first-order chi connectivity index (χ1) is 9.86. The van der Waals surface area contributed by atoms with E-state index in [1.54, 1.807) is 6.92 Å². The standard InChI is InChI=1S/C14H18F2O4S/c1-2-20-14(17)6-4-3-5-9-21(18,19)11-7-8-12(15)13(16)10-11/h7-8,10H,2-6,9H2,1H3. The number of halogens is 2. The number of esters is 1. The number of rotatable bonds is 8. The zero-order valence-electron chi connectivity index (χ0n) is 11.8. The van der Waals surface area contributed by atoms with Crippen LogP contribution in [0.5, 0.6) is 0 Å². The maximum absolute atomic E-state index is 13.0. The Morgan fingerprint density at radius 2 is 1.86 bits per heavy atom. The van der Waals surface area contributed by atoms with Gasteiger partial charge in [0, 0.05) is 6.42 Å². The van der Waals surface area contributed by atoms with Gasteiger partial charge in [-0.3, -0.25) is 4.79 Å². The summed E-state index contributed by atoms with van der Waals surface area (Å²) in [6.07, 6.45) is 1.67. The summed E-state index contributed by atoms with van der Waals surface area (Å²) in [7, 11) is -3.63. The largest absolute Gasteiger partial charge is 0.466 e. The molecule has 0 aromatic heterocycles. The third kappa shape index (κ3) is 5.79. The fraction of sp³-hybridized carbons (Fsp3) is 0.500. The van der Waals surface area contributed by atoms with E-state index in [1.165, 1.54) is 0 Å². The van der Waals surface area contributed by atoms with Crippen LogP contribution in [0, 0.1) is 11.6 Å². The molecule has 0 aliphatic rings. The number of benzene rings is 1. The van der Waals surface area contributed by atoms with Gasteiger partial charge in [-0.15, -0.1) is 0 Å². The van der Waals surface area contributed by atoms with Gasteiger partial charge in [0.05, 0.1) is 17.3 Å². The number of unbranched alkanes of at least 4 members (excludes halogenated alkanes) is 2. The Kier molecular flexibility index (Phi) is 6.74. The van der Waals surface area contributed by atoms with Crippen LogP contribution < -0.4 is 0 Å². The van der Waals surface area contributed by atoms with E-state index < -0.39 is 21.5 Å². The van der Waals surface area contributed by atoms with E-state index in [2.05, 4.69) is 0 Å². The average Bonchev–Trinajstić information content (AvgIpc) is 2.41. The zero-order chi connectivity index (χ0) is 15.9. The predicted octanol–water partition coefficient (Wildman–Crippen LogP) is 2.86. The zero-order valence-corrected chi connectivity index (χ0v) is 12.6.